The summed E-state index contributed by atoms with van der Waals surface area (Å²) >= 11 is 0. The first kappa shape index (κ1) is 11.1. The van der Waals surface area contributed by atoms with E-state index < -0.39 is 16.9 Å². The molecule has 0 amide bonds. The standard InChI is InChI=1S/C9H10N2O4/c1-6(10)9(12)15-8-4-2-7(3-5-8)11(13)14/h2-6H,10H2,1H3/t6-/m1/s1. The van der Waals surface area contributed by atoms with Crippen LogP contribution in [0, 0.1) is 10.1 Å². The lowest BCUT2D eigenvalue weighted by Gasteiger charge is -2.05. The van der Waals surface area contributed by atoms with Crippen molar-refractivity contribution in [2.45, 2.75) is 13.0 Å². The third-order valence-corrected chi connectivity index (χ3v) is 1.64. The van der Waals surface area contributed by atoms with E-state index in [4.69, 9.17) is 10.5 Å². The zero-order valence-electron chi connectivity index (χ0n) is 8.04. The molecule has 0 saturated heterocycles. The van der Waals surface area contributed by atoms with Crippen molar-refractivity contribution in [3.63, 3.8) is 0 Å². The van der Waals surface area contributed by atoms with Crippen molar-refractivity contribution in [2.24, 2.45) is 5.73 Å². The van der Waals surface area contributed by atoms with Gasteiger partial charge in [0.15, 0.2) is 0 Å². The smallest absolute Gasteiger partial charge is 0.328 e. The molecule has 0 heterocycles. The van der Waals surface area contributed by atoms with E-state index in [2.05, 4.69) is 0 Å². The Labute approximate surface area is 85.8 Å². The van der Waals surface area contributed by atoms with Gasteiger partial charge < -0.3 is 10.5 Å². The molecule has 2 N–H and O–H groups in total. The number of nitrogens with zero attached hydrogens (tertiary/aromatic N) is 1. The number of ether oxygens (including phenoxy) is 1. The summed E-state index contributed by atoms with van der Waals surface area (Å²) in [7, 11) is 0. The van der Waals surface area contributed by atoms with Gasteiger partial charge in [-0.25, -0.2) is 4.79 Å². The highest BCUT2D eigenvalue weighted by molar-refractivity contribution is 5.77. The Hall–Kier alpha value is -1.95. The van der Waals surface area contributed by atoms with Crippen LogP contribution < -0.4 is 10.5 Å². The normalized spacial score (nSPS) is 11.9. The van der Waals surface area contributed by atoms with Gasteiger partial charge in [0.05, 0.1) is 4.92 Å². The van der Waals surface area contributed by atoms with E-state index in [1.807, 2.05) is 0 Å². The highest BCUT2D eigenvalue weighted by atomic mass is 16.6. The fourth-order valence-electron chi connectivity index (χ4n) is 0.845. The summed E-state index contributed by atoms with van der Waals surface area (Å²) in [6, 6.07) is 4.48. The molecule has 1 aromatic carbocycles. The molecule has 6 nitrogen and oxygen atoms in total. The van der Waals surface area contributed by atoms with Crippen LogP contribution in [0.25, 0.3) is 0 Å². The molecule has 0 aliphatic rings. The molecule has 0 aliphatic heterocycles. The van der Waals surface area contributed by atoms with Gasteiger partial charge in [-0.1, -0.05) is 0 Å². The Kier molecular flexibility index (Phi) is 3.35. The molecule has 1 rings (SSSR count). The molecule has 80 valence electrons. The van der Waals surface area contributed by atoms with Crippen molar-refractivity contribution < 1.29 is 14.5 Å². The Morgan fingerprint density at radius 1 is 1.47 bits per heavy atom. The second-order valence-electron chi connectivity index (χ2n) is 2.96. The maximum Gasteiger partial charge on any atom is 0.328 e. The molecule has 0 spiro atoms. The highest BCUT2D eigenvalue weighted by Gasteiger charge is 2.11. The summed E-state index contributed by atoms with van der Waals surface area (Å²) in [6.07, 6.45) is 0. The summed E-state index contributed by atoms with van der Waals surface area (Å²) in [5.41, 5.74) is 5.22. The second kappa shape index (κ2) is 4.52. The van der Waals surface area contributed by atoms with Gasteiger partial charge in [0, 0.05) is 12.1 Å². The van der Waals surface area contributed by atoms with Crippen LogP contribution in [0.15, 0.2) is 24.3 Å². The van der Waals surface area contributed by atoms with E-state index in [1.165, 1.54) is 31.2 Å². The number of nitrogens with two attached hydrogens (primary N) is 1. The van der Waals surface area contributed by atoms with Crippen LogP contribution in [0.3, 0.4) is 0 Å². The lowest BCUT2D eigenvalue weighted by atomic mass is 10.3. The number of benzene rings is 1. The topological polar surface area (TPSA) is 95.5 Å². The van der Waals surface area contributed by atoms with E-state index in [-0.39, 0.29) is 11.4 Å². The van der Waals surface area contributed by atoms with Gasteiger partial charge in [0.2, 0.25) is 0 Å². The Morgan fingerprint density at radius 2 is 2.00 bits per heavy atom. The van der Waals surface area contributed by atoms with Crippen molar-refractivity contribution in [3.8, 4) is 5.75 Å². The number of nitro groups is 1. The van der Waals surface area contributed by atoms with Gasteiger partial charge in [-0.15, -0.1) is 0 Å². The lowest BCUT2D eigenvalue weighted by Crippen LogP contribution is -2.30. The van der Waals surface area contributed by atoms with Gasteiger partial charge in [0.1, 0.15) is 11.8 Å². The molecule has 0 radical (unpaired) electrons. The lowest BCUT2D eigenvalue weighted by molar-refractivity contribution is -0.384. The second-order valence-corrected chi connectivity index (χ2v) is 2.96. The summed E-state index contributed by atoms with van der Waals surface area (Å²) in [5, 5.41) is 10.3. The largest absolute Gasteiger partial charge is 0.425 e. The van der Waals surface area contributed by atoms with Gasteiger partial charge >= 0.3 is 5.97 Å². The van der Waals surface area contributed by atoms with Crippen molar-refractivity contribution in [3.05, 3.63) is 34.4 Å². The van der Waals surface area contributed by atoms with E-state index in [0.717, 1.165) is 0 Å². The summed E-state index contributed by atoms with van der Waals surface area (Å²) in [4.78, 5) is 20.8. The van der Waals surface area contributed by atoms with Crippen molar-refractivity contribution in [1.29, 1.82) is 0 Å². The third kappa shape index (κ3) is 3.03. The Bertz CT molecular complexity index is 372. The average molecular weight is 210 g/mol. The number of esters is 1. The number of non-ortho nitro benzene ring substituents is 1. The van der Waals surface area contributed by atoms with E-state index >= 15 is 0 Å². The van der Waals surface area contributed by atoms with Crippen molar-refractivity contribution >= 4 is 11.7 Å². The number of carbonyl (C=O) groups excluding carboxylic acids is 1. The SMILES string of the molecule is C[C@@H](N)C(=O)Oc1ccc([N+](=O)[O-])cc1. The number of rotatable bonds is 3. The molecular weight excluding hydrogens is 200 g/mol. The Balaban J connectivity index is 2.73. The maximum absolute atomic E-state index is 11.0. The van der Waals surface area contributed by atoms with Crippen LogP contribution in [0.1, 0.15) is 6.92 Å². The number of nitro benzene ring substituents is 1. The minimum absolute atomic E-state index is 0.0596. The Morgan fingerprint density at radius 3 is 2.40 bits per heavy atom. The van der Waals surface area contributed by atoms with Crippen LogP contribution in [0.4, 0.5) is 5.69 Å². The summed E-state index contributed by atoms with van der Waals surface area (Å²) in [5.74, 6) is -0.341. The van der Waals surface area contributed by atoms with Crippen LogP contribution in [0.5, 0.6) is 5.75 Å². The molecule has 0 saturated carbocycles. The molecule has 6 heteroatoms. The monoisotopic (exact) mass is 210 g/mol. The van der Waals surface area contributed by atoms with Gasteiger partial charge in [-0.2, -0.15) is 0 Å². The van der Waals surface area contributed by atoms with Crippen LogP contribution in [-0.2, 0) is 4.79 Å². The van der Waals surface area contributed by atoms with Gasteiger partial charge in [0.25, 0.3) is 5.69 Å². The molecule has 0 unspecified atom stereocenters. The molecule has 15 heavy (non-hydrogen) atoms. The first-order valence-electron chi connectivity index (χ1n) is 4.22. The van der Waals surface area contributed by atoms with Crippen LogP contribution in [-0.4, -0.2) is 16.9 Å². The molecule has 0 bridgehead atoms. The molecule has 0 aliphatic carbocycles. The molecule has 0 fully saturated rings. The number of hydrogen-bond donors (Lipinski definition) is 1. The zero-order chi connectivity index (χ0) is 11.4. The average Bonchev–Trinajstić information content (AvgIpc) is 2.18. The summed E-state index contributed by atoms with van der Waals surface area (Å²) in [6.45, 7) is 1.49. The minimum atomic E-state index is -0.722. The first-order valence-corrected chi connectivity index (χ1v) is 4.22. The summed E-state index contributed by atoms with van der Waals surface area (Å²) < 4.78 is 4.82. The maximum atomic E-state index is 11.0. The minimum Gasteiger partial charge on any atom is -0.425 e. The van der Waals surface area contributed by atoms with Gasteiger partial charge in [-0.3, -0.25) is 10.1 Å². The predicted molar refractivity (Wildman–Crippen MR) is 52.4 cm³/mol. The highest BCUT2D eigenvalue weighted by Crippen LogP contribution is 2.17. The number of carbonyl (C=O) groups is 1. The first-order chi connectivity index (χ1) is 7.00. The predicted octanol–water partition coefficient (Wildman–Crippen LogP) is 0.847. The van der Waals surface area contributed by atoms with Crippen LogP contribution in [0.2, 0.25) is 0 Å². The fraction of sp³-hybridized carbons (Fsp3) is 0.222. The zero-order valence-corrected chi connectivity index (χ0v) is 8.04. The van der Waals surface area contributed by atoms with Crippen molar-refractivity contribution in [1.82, 2.24) is 0 Å². The van der Waals surface area contributed by atoms with E-state index in [9.17, 15) is 14.9 Å². The molecule has 0 aromatic heterocycles. The van der Waals surface area contributed by atoms with Gasteiger partial charge in [-0.05, 0) is 19.1 Å². The fourth-order valence-corrected chi connectivity index (χ4v) is 0.845. The van der Waals surface area contributed by atoms with E-state index in [0.29, 0.717) is 0 Å². The van der Waals surface area contributed by atoms with E-state index in [1.54, 1.807) is 0 Å². The quantitative estimate of drug-likeness (QED) is 0.345. The molecule has 1 atom stereocenters. The third-order valence-electron chi connectivity index (χ3n) is 1.64. The molecular formula is C9H10N2O4. The molecule has 1 aromatic rings. The van der Waals surface area contributed by atoms with Crippen molar-refractivity contribution in [2.75, 3.05) is 0 Å². The number of hydrogen-bond acceptors (Lipinski definition) is 5. The van der Waals surface area contributed by atoms with Crippen LogP contribution >= 0.6 is 0 Å².